The van der Waals surface area contributed by atoms with E-state index in [0.29, 0.717) is 11.3 Å². The number of nitrogens with zero attached hydrogens (tertiary/aromatic N) is 6. The largest absolute Gasteiger partial charge is 0.490 e. The Kier molecular flexibility index (Phi) is 5.15. The average molecular weight is 418 g/mol. The molecular formula is C19H17F3N6O2. The fraction of sp³-hybridized carbons (Fsp3) is 0.421. The number of carbonyl (C=O) groups is 1. The molecule has 0 spiro atoms. The van der Waals surface area contributed by atoms with Crippen LogP contribution in [-0.2, 0) is 11.3 Å². The minimum Gasteiger partial charge on any atom is -0.490 e. The lowest BCUT2D eigenvalue weighted by Gasteiger charge is -2.39. The summed E-state index contributed by atoms with van der Waals surface area (Å²) in [6, 6.07) is 1.98. The molecule has 1 fully saturated rings. The molecule has 0 bridgehead atoms. The first kappa shape index (κ1) is 19.9. The number of rotatable bonds is 2. The van der Waals surface area contributed by atoms with Crippen LogP contribution in [0.3, 0.4) is 0 Å². The van der Waals surface area contributed by atoms with Crippen molar-refractivity contribution in [3.05, 3.63) is 41.7 Å². The van der Waals surface area contributed by atoms with Crippen LogP contribution in [0.4, 0.5) is 19.1 Å². The second kappa shape index (κ2) is 7.78. The number of hydrogen-bond donors (Lipinski definition) is 0. The zero-order chi connectivity index (χ0) is 21.3. The summed E-state index contributed by atoms with van der Waals surface area (Å²) in [6.45, 7) is -0.357. The average Bonchev–Trinajstić information content (AvgIpc) is 2.95. The van der Waals surface area contributed by atoms with E-state index in [0.717, 1.165) is 12.4 Å². The van der Waals surface area contributed by atoms with Crippen LogP contribution in [0.25, 0.3) is 0 Å². The minimum atomic E-state index is -3.32. The predicted octanol–water partition coefficient (Wildman–Crippen LogP) is 1.77. The van der Waals surface area contributed by atoms with Gasteiger partial charge in [-0.1, -0.05) is 0 Å². The number of anilines is 1. The molecule has 1 saturated heterocycles. The number of carbonyl (C=O) groups excluding carboxylic acids is 1. The fourth-order valence-electron chi connectivity index (χ4n) is 3.69. The molecule has 2 aliphatic heterocycles. The lowest BCUT2D eigenvalue weighted by Crippen LogP contribution is -2.55. The molecule has 30 heavy (non-hydrogen) atoms. The second-order valence-corrected chi connectivity index (χ2v) is 7.12. The molecule has 4 rings (SSSR count). The number of fused-ring (bicyclic) bond motifs is 1. The molecule has 1 amide bonds. The van der Waals surface area contributed by atoms with E-state index in [9.17, 15) is 23.2 Å². The quantitative estimate of drug-likeness (QED) is 0.733. The van der Waals surface area contributed by atoms with Crippen molar-refractivity contribution in [1.82, 2.24) is 19.9 Å². The Labute approximate surface area is 169 Å². The van der Waals surface area contributed by atoms with E-state index in [1.54, 1.807) is 0 Å². The van der Waals surface area contributed by atoms with E-state index in [1.807, 2.05) is 6.07 Å². The van der Waals surface area contributed by atoms with E-state index in [-0.39, 0.29) is 44.2 Å². The minimum absolute atomic E-state index is 0.00539. The topological polar surface area (TPSA) is 95.2 Å². The number of hydrogen-bond acceptors (Lipinski definition) is 7. The molecule has 1 atom stereocenters. The first-order valence-corrected chi connectivity index (χ1v) is 9.28. The van der Waals surface area contributed by atoms with Crippen molar-refractivity contribution in [1.29, 1.82) is 5.26 Å². The fourth-order valence-corrected chi connectivity index (χ4v) is 3.69. The third-order valence-corrected chi connectivity index (χ3v) is 5.16. The molecule has 0 saturated carbocycles. The molecule has 156 valence electrons. The van der Waals surface area contributed by atoms with Gasteiger partial charge in [-0.25, -0.2) is 23.1 Å². The van der Waals surface area contributed by atoms with Crippen molar-refractivity contribution >= 4 is 11.9 Å². The molecule has 11 heteroatoms. The Bertz CT molecular complexity index is 995. The summed E-state index contributed by atoms with van der Waals surface area (Å²) < 4.78 is 48.4. The maximum atomic E-state index is 14.9. The summed E-state index contributed by atoms with van der Waals surface area (Å²) >= 11 is 0. The second-order valence-electron chi connectivity index (χ2n) is 7.12. The van der Waals surface area contributed by atoms with Gasteiger partial charge in [0.15, 0.2) is 5.82 Å². The summed E-state index contributed by atoms with van der Waals surface area (Å²) in [7, 11) is 0. The van der Waals surface area contributed by atoms with Crippen LogP contribution in [0.5, 0.6) is 5.75 Å². The van der Waals surface area contributed by atoms with Gasteiger partial charge < -0.3 is 14.5 Å². The van der Waals surface area contributed by atoms with Crippen molar-refractivity contribution in [2.24, 2.45) is 5.92 Å². The highest BCUT2D eigenvalue weighted by Gasteiger charge is 2.50. The number of nitriles is 1. The smallest absolute Gasteiger partial charge is 0.276 e. The number of halogens is 3. The van der Waals surface area contributed by atoms with Crippen LogP contribution in [-0.4, -0.2) is 57.9 Å². The van der Waals surface area contributed by atoms with Gasteiger partial charge in [-0.2, -0.15) is 5.26 Å². The molecule has 8 nitrogen and oxygen atoms in total. The zero-order valence-electron chi connectivity index (χ0n) is 15.8. The van der Waals surface area contributed by atoms with Crippen LogP contribution in [0.1, 0.15) is 17.5 Å². The maximum Gasteiger partial charge on any atom is 0.276 e. The van der Waals surface area contributed by atoms with Gasteiger partial charge in [-0.05, 0) is 6.42 Å². The number of aromatic nitrogens is 3. The van der Waals surface area contributed by atoms with Gasteiger partial charge in [-0.3, -0.25) is 9.78 Å². The monoisotopic (exact) mass is 418 g/mol. The third kappa shape index (κ3) is 3.72. The molecule has 0 aliphatic carbocycles. The standard InChI is InChI=1S/C19H17F3N6O2/c20-14-8-25-18(26-9-14)28-2-1-15(19(21,22)11-28)17(29)27-3-4-30-16-12(5-23)6-24-7-13(16)10-27/h6-9,15H,1-4,10-11H2/t15-/m0/s1. The van der Waals surface area contributed by atoms with E-state index < -0.39 is 30.1 Å². The number of amides is 1. The molecule has 2 aromatic rings. The Morgan fingerprint density at radius 3 is 2.70 bits per heavy atom. The Balaban J connectivity index is 1.50. The summed E-state index contributed by atoms with van der Waals surface area (Å²) in [4.78, 5) is 27.0. The Morgan fingerprint density at radius 2 is 2.00 bits per heavy atom. The Hall–Kier alpha value is -3.42. The van der Waals surface area contributed by atoms with Gasteiger partial charge in [0.2, 0.25) is 11.9 Å². The van der Waals surface area contributed by atoms with E-state index >= 15 is 0 Å². The highest BCUT2D eigenvalue weighted by molar-refractivity contribution is 5.80. The van der Waals surface area contributed by atoms with Crippen LogP contribution >= 0.6 is 0 Å². The van der Waals surface area contributed by atoms with Crippen LogP contribution in [0.15, 0.2) is 24.8 Å². The predicted molar refractivity (Wildman–Crippen MR) is 97.1 cm³/mol. The van der Waals surface area contributed by atoms with Crippen LogP contribution < -0.4 is 9.64 Å². The lowest BCUT2D eigenvalue weighted by atomic mass is 9.91. The number of pyridine rings is 1. The molecule has 2 aliphatic rings. The van der Waals surface area contributed by atoms with Gasteiger partial charge in [-0.15, -0.1) is 0 Å². The molecule has 4 heterocycles. The number of piperidine rings is 1. The molecule has 0 aromatic carbocycles. The van der Waals surface area contributed by atoms with Crippen molar-refractivity contribution < 1.29 is 22.7 Å². The summed E-state index contributed by atoms with van der Waals surface area (Å²) in [5.74, 6) is -5.85. The summed E-state index contributed by atoms with van der Waals surface area (Å²) in [6.07, 6.45) is 4.55. The number of ether oxygens (including phenoxy) is 1. The van der Waals surface area contributed by atoms with Gasteiger partial charge in [0.25, 0.3) is 5.92 Å². The SMILES string of the molecule is N#Cc1cncc2c1OCCN(C(=O)[C@@H]1CCN(c3ncc(F)cn3)CC1(F)F)C2. The van der Waals surface area contributed by atoms with Gasteiger partial charge in [0.1, 0.15) is 29.9 Å². The first-order valence-electron chi connectivity index (χ1n) is 9.28. The van der Waals surface area contributed by atoms with Crippen molar-refractivity contribution in [3.63, 3.8) is 0 Å². The highest BCUT2D eigenvalue weighted by atomic mass is 19.3. The molecule has 2 aromatic heterocycles. The molecule has 0 radical (unpaired) electrons. The van der Waals surface area contributed by atoms with E-state index in [1.165, 1.54) is 22.2 Å². The van der Waals surface area contributed by atoms with Crippen molar-refractivity contribution in [3.8, 4) is 11.8 Å². The van der Waals surface area contributed by atoms with Crippen molar-refractivity contribution in [2.45, 2.75) is 18.9 Å². The van der Waals surface area contributed by atoms with Crippen molar-refractivity contribution in [2.75, 3.05) is 31.1 Å². The summed E-state index contributed by atoms with van der Waals surface area (Å²) in [5, 5.41) is 9.18. The van der Waals surface area contributed by atoms with Gasteiger partial charge >= 0.3 is 0 Å². The molecular weight excluding hydrogens is 401 g/mol. The molecule has 0 unspecified atom stereocenters. The first-order chi connectivity index (χ1) is 14.4. The van der Waals surface area contributed by atoms with E-state index in [4.69, 9.17) is 4.74 Å². The van der Waals surface area contributed by atoms with Gasteiger partial charge in [0, 0.05) is 24.5 Å². The zero-order valence-corrected chi connectivity index (χ0v) is 15.8. The lowest BCUT2D eigenvalue weighted by molar-refractivity contribution is -0.152. The summed E-state index contributed by atoms with van der Waals surface area (Å²) in [5.41, 5.74) is 0.736. The third-order valence-electron chi connectivity index (χ3n) is 5.16. The van der Waals surface area contributed by atoms with Crippen LogP contribution in [0, 0.1) is 23.1 Å². The van der Waals surface area contributed by atoms with E-state index in [2.05, 4.69) is 15.0 Å². The Morgan fingerprint density at radius 1 is 1.23 bits per heavy atom. The maximum absolute atomic E-state index is 14.9. The molecule has 0 N–H and O–H groups in total. The number of alkyl halides is 2. The van der Waals surface area contributed by atoms with Crippen LogP contribution in [0.2, 0.25) is 0 Å². The highest BCUT2D eigenvalue weighted by Crippen LogP contribution is 2.36. The normalized spacial score (nSPS) is 20.5. The van der Waals surface area contributed by atoms with Gasteiger partial charge in [0.05, 0.1) is 32.0 Å².